The van der Waals surface area contributed by atoms with Crippen LogP contribution in [0.5, 0.6) is 0 Å². The average molecular weight is 872 g/mol. The molecular weight excluding hydrogens is 785 g/mol. The minimum Gasteiger partial charge on any atom is -0.417 e. The Labute approximate surface area is 353 Å². The van der Waals surface area contributed by atoms with Crippen LogP contribution >= 0.6 is 0 Å². The van der Waals surface area contributed by atoms with E-state index >= 15 is 0 Å². The Kier molecular flexibility index (Phi) is 18.0. The lowest BCUT2D eigenvalue weighted by atomic mass is 9.68. The Morgan fingerprint density at radius 2 is 1.44 bits per heavy atom. The first kappa shape index (κ1) is 50.9. The summed E-state index contributed by atoms with van der Waals surface area (Å²) in [4.78, 5) is 0.329. The maximum absolute atomic E-state index is 14.1. The third kappa shape index (κ3) is 13.0. The van der Waals surface area contributed by atoms with Crippen LogP contribution in [0.4, 0.5) is 0 Å². The molecular formula is C45H86O8SSi3. The maximum Gasteiger partial charge on any atom is 0.192 e. The monoisotopic (exact) mass is 871 g/mol. The molecule has 2 fully saturated rings. The standard InChI is InChI=1S/C45H86O8SSi3/c1-18-57(19-2,20-3)49-28-24-25-35-29-34(4)45(11,12)41(51-35)31-39-38(33-54(46,47)37-26-22-21-23-27-37)42(48-13)40(52-39)30-36(53-56(16,17)44(8,9)10)32-50-55(14,15)43(5,6)7/h21-23,26-27,34-36,38-42H,18-20,24-25,28-33H2,1-17H3/t34-,35+,36+,38?,39+,40?,41-,42-/m1/s1. The lowest BCUT2D eigenvalue weighted by Crippen LogP contribution is -2.49. The Hall–Kier alpha value is -0.419. The van der Waals surface area contributed by atoms with Crippen LogP contribution in [0.3, 0.4) is 0 Å². The molecule has 3 rings (SSSR count). The van der Waals surface area contributed by atoms with Crippen molar-refractivity contribution in [1.82, 2.24) is 0 Å². The summed E-state index contributed by atoms with van der Waals surface area (Å²) in [6.07, 6.45) is 2.71. The van der Waals surface area contributed by atoms with Crippen molar-refractivity contribution in [2.45, 2.75) is 211 Å². The van der Waals surface area contributed by atoms with Crippen molar-refractivity contribution >= 4 is 34.8 Å². The van der Waals surface area contributed by atoms with Gasteiger partial charge < -0.3 is 27.5 Å². The minimum atomic E-state index is -3.65. The summed E-state index contributed by atoms with van der Waals surface area (Å²) in [6, 6.07) is 12.3. The van der Waals surface area contributed by atoms with Crippen molar-refractivity contribution in [3.8, 4) is 0 Å². The molecule has 0 amide bonds. The predicted octanol–water partition coefficient (Wildman–Crippen LogP) is 11.7. The van der Waals surface area contributed by atoms with Crippen LogP contribution in [0.25, 0.3) is 0 Å². The Morgan fingerprint density at radius 3 is 1.96 bits per heavy atom. The smallest absolute Gasteiger partial charge is 0.192 e. The summed E-state index contributed by atoms with van der Waals surface area (Å²) in [7, 11) is -7.89. The van der Waals surface area contributed by atoms with Gasteiger partial charge in [0.2, 0.25) is 0 Å². The number of rotatable bonds is 21. The summed E-state index contributed by atoms with van der Waals surface area (Å²) in [5.41, 5.74) is -0.125. The van der Waals surface area contributed by atoms with Gasteiger partial charge in [-0.15, -0.1) is 0 Å². The zero-order valence-electron chi connectivity index (χ0n) is 39.5. The third-order valence-electron chi connectivity index (χ3n) is 15.1. The molecule has 332 valence electrons. The molecule has 0 radical (unpaired) electrons. The predicted molar refractivity (Wildman–Crippen MR) is 245 cm³/mol. The SMILES string of the molecule is CC[Si](CC)(CC)OCCC[C@H]1C[C@@H](C)C(C)(C)[C@@H](C[C@@H]2OC(C[C@@H](CO[Si](C)(C)C(C)(C)C)O[Si](C)(C)C(C)(C)C)[C@H](OC)C2CS(=O)(=O)c2ccccc2)O1. The first-order chi connectivity index (χ1) is 26.2. The Balaban J connectivity index is 1.95. The first-order valence-corrected chi connectivity index (χ1v) is 32.3. The number of methoxy groups -OCH3 is 1. The molecule has 0 aliphatic carbocycles. The van der Waals surface area contributed by atoms with Gasteiger partial charge >= 0.3 is 0 Å². The van der Waals surface area contributed by atoms with E-state index in [9.17, 15) is 8.42 Å². The third-order valence-corrected chi connectivity index (χ3v) is 30.7. The highest BCUT2D eigenvalue weighted by atomic mass is 32.2. The van der Waals surface area contributed by atoms with Gasteiger partial charge in [-0.05, 0) is 97.1 Å². The summed E-state index contributed by atoms with van der Waals surface area (Å²) in [6.45, 7) is 37.8. The molecule has 2 aliphatic heterocycles. The van der Waals surface area contributed by atoms with Gasteiger partial charge in [-0.3, -0.25) is 0 Å². The van der Waals surface area contributed by atoms with Crippen molar-refractivity contribution in [1.29, 1.82) is 0 Å². The molecule has 0 bridgehead atoms. The van der Waals surface area contributed by atoms with Crippen LogP contribution in [0, 0.1) is 17.3 Å². The number of sulfone groups is 1. The highest BCUT2D eigenvalue weighted by molar-refractivity contribution is 7.91. The summed E-state index contributed by atoms with van der Waals surface area (Å²) >= 11 is 0. The highest BCUT2D eigenvalue weighted by Crippen LogP contribution is 2.47. The molecule has 0 aromatic heterocycles. The van der Waals surface area contributed by atoms with Crippen molar-refractivity contribution in [2.75, 3.05) is 26.1 Å². The second-order valence-corrected chi connectivity index (χ2v) is 37.5. The van der Waals surface area contributed by atoms with Gasteiger partial charge in [0.15, 0.2) is 34.8 Å². The number of ether oxygens (including phenoxy) is 3. The molecule has 8 atom stereocenters. The zero-order chi connectivity index (χ0) is 43.3. The summed E-state index contributed by atoms with van der Waals surface area (Å²) in [5, 5.41) is 0.0572. The molecule has 1 aromatic carbocycles. The first-order valence-electron chi connectivity index (χ1n) is 22.3. The molecule has 2 saturated heterocycles. The highest BCUT2D eigenvalue weighted by Gasteiger charge is 2.52. The van der Waals surface area contributed by atoms with E-state index < -0.39 is 46.8 Å². The van der Waals surface area contributed by atoms with Crippen LogP contribution in [0.2, 0.25) is 54.4 Å². The molecule has 57 heavy (non-hydrogen) atoms. The fourth-order valence-electron chi connectivity index (χ4n) is 8.23. The van der Waals surface area contributed by atoms with Gasteiger partial charge in [-0.1, -0.05) is 101 Å². The van der Waals surface area contributed by atoms with Gasteiger partial charge in [0.05, 0.1) is 53.9 Å². The molecule has 0 spiro atoms. The quantitative estimate of drug-likeness (QED) is 0.0891. The van der Waals surface area contributed by atoms with Crippen molar-refractivity contribution in [3.05, 3.63) is 30.3 Å². The molecule has 12 heteroatoms. The van der Waals surface area contributed by atoms with Crippen molar-refractivity contribution < 1.29 is 35.9 Å². The fourth-order valence-corrected chi connectivity index (χ4v) is 15.0. The molecule has 1 aromatic rings. The molecule has 0 saturated carbocycles. The second-order valence-electron chi connectivity index (χ2n) is 21.2. The zero-order valence-corrected chi connectivity index (χ0v) is 43.3. The normalized spacial score (nSPS) is 27.1. The van der Waals surface area contributed by atoms with E-state index in [1.807, 2.05) is 6.07 Å². The fraction of sp³-hybridized carbons (Fsp3) is 0.867. The maximum atomic E-state index is 14.1. The topological polar surface area (TPSA) is 89.5 Å². The molecule has 0 N–H and O–H groups in total. The second kappa shape index (κ2) is 20.2. The molecule has 2 unspecified atom stereocenters. The Morgan fingerprint density at radius 1 is 0.860 bits per heavy atom. The van der Waals surface area contributed by atoms with Crippen LogP contribution in [-0.4, -0.2) is 96.1 Å². The van der Waals surface area contributed by atoms with Crippen LogP contribution in [0.1, 0.15) is 115 Å². The number of benzene rings is 1. The van der Waals surface area contributed by atoms with Crippen molar-refractivity contribution in [3.63, 3.8) is 0 Å². The van der Waals surface area contributed by atoms with E-state index in [1.54, 1.807) is 31.4 Å². The molecule has 2 heterocycles. The summed E-state index contributed by atoms with van der Waals surface area (Å²) in [5.74, 6) is -0.0279. The van der Waals surface area contributed by atoms with E-state index in [0.717, 1.165) is 44.0 Å². The van der Waals surface area contributed by atoms with Crippen LogP contribution in [0.15, 0.2) is 35.2 Å². The van der Waals surface area contributed by atoms with Crippen LogP contribution in [-0.2, 0) is 37.3 Å². The van der Waals surface area contributed by atoms with Crippen LogP contribution < -0.4 is 0 Å². The van der Waals surface area contributed by atoms with E-state index in [-0.39, 0.29) is 51.8 Å². The minimum absolute atomic E-state index is 0.00454. The lowest BCUT2D eigenvalue weighted by molar-refractivity contribution is -0.163. The largest absolute Gasteiger partial charge is 0.417 e. The van der Waals surface area contributed by atoms with Gasteiger partial charge in [0, 0.05) is 32.5 Å². The van der Waals surface area contributed by atoms with E-state index in [1.165, 1.54) is 0 Å². The molecule has 2 aliphatic rings. The number of hydrogen-bond donors (Lipinski definition) is 0. The summed E-state index contributed by atoms with van der Waals surface area (Å²) < 4.78 is 69.4. The van der Waals surface area contributed by atoms with E-state index in [4.69, 9.17) is 27.5 Å². The molecule has 8 nitrogen and oxygen atoms in total. The van der Waals surface area contributed by atoms with Gasteiger partial charge in [0.25, 0.3) is 0 Å². The van der Waals surface area contributed by atoms with Crippen molar-refractivity contribution in [2.24, 2.45) is 17.3 Å². The van der Waals surface area contributed by atoms with Gasteiger partial charge in [-0.25, -0.2) is 8.42 Å². The van der Waals surface area contributed by atoms with E-state index in [0.29, 0.717) is 30.3 Å². The average Bonchev–Trinajstić information content (AvgIpc) is 3.43. The Bertz CT molecular complexity index is 1460. The van der Waals surface area contributed by atoms with Gasteiger partial charge in [-0.2, -0.15) is 0 Å². The number of hydrogen-bond acceptors (Lipinski definition) is 8. The van der Waals surface area contributed by atoms with E-state index in [2.05, 4.69) is 109 Å². The van der Waals surface area contributed by atoms with Gasteiger partial charge in [0.1, 0.15) is 0 Å². The lowest BCUT2D eigenvalue weighted by Gasteiger charge is -2.48.